The molecule has 0 unspecified atom stereocenters. The number of rotatable bonds is 17. The van der Waals surface area contributed by atoms with Crippen molar-refractivity contribution in [2.24, 2.45) is 5.92 Å². The van der Waals surface area contributed by atoms with Gasteiger partial charge in [0.25, 0.3) is 0 Å². The maximum Gasteiger partial charge on any atom is 0.513 e. The van der Waals surface area contributed by atoms with E-state index < -0.39 is 17.8 Å². The van der Waals surface area contributed by atoms with Crippen LogP contribution >= 0.6 is 0 Å². The summed E-state index contributed by atoms with van der Waals surface area (Å²) in [7, 11) is 2.69. The zero-order chi connectivity index (χ0) is 30.3. The molecule has 0 saturated heterocycles. The molecule has 2 aromatic rings. The van der Waals surface area contributed by atoms with Crippen molar-refractivity contribution in [1.29, 1.82) is 0 Å². The highest BCUT2D eigenvalue weighted by molar-refractivity contribution is 5.80. The maximum atomic E-state index is 16.2. The molecule has 0 bridgehead atoms. The standard InChI is InChI=1S/C33H46F2O7/c1-5-7-9-10-23-11-13-24(14-12-23)25-15-16-27(32(29(25)34)42-33(36)38-4)26-17-18-28(40-19-8-6-2)30(35)31(26)41-22-39-21-20-37-3/h15-18,23-24H,5-14,19-22H2,1-4H3. The lowest BCUT2D eigenvalue weighted by Crippen LogP contribution is -2.16. The van der Waals surface area contributed by atoms with Gasteiger partial charge in [-0.3, -0.25) is 0 Å². The first kappa shape index (κ1) is 33.6. The van der Waals surface area contributed by atoms with E-state index in [0.29, 0.717) is 24.7 Å². The Balaban J connectivity index is 1.96. The second kappa shape index (κ2) is 17.9. The highest BCUT2D eigenvalue weighted by Crippen LogP contribution is 2.46. The third-order valence-corrected chi connectivity index (χ3v) is 7.81. The first-order chi connectivity index (χ1) is 20.4. The number of unbranched alkanes of at least 4 members (excludes halogenated alkanes) is 3. The first-order valence-electron chi connectivity index (χ1n) is 15.2. The number of carbonyl (C=O) groups excluding carboxylic acids is 1. The molecule has 42 heavy (non-hydrogen) atoms. The molecule has 1 aliphatic carbocycles. The molecule has 3 rings (SSSR count). The van der Waals surface area contributed by atoms with Gasteiger partial charge >= 0.3 is 6.16 Å². The molecule has 9 heteroatoms. The fourth-order valence-corrected chi connectivity index (χ4v) is 5.40. The lowest BCUT2D eigenvalue weighted by Gasteiger charge is -2.29. The minimum Gasteiger partial charge on any atom is -0.490 e. The van der Waals surface area contributed by atoms with Crippen LogP contribution in [0.25, 0.3) is 11.1 Å². The van der Waals surface area contributed by atoms with Crippen molar-refractivity contribution in [3.8, 4) is 28.4 Å². The van der Waals surface area contributed by atoms with E-state index in [-0.39, 0.29) is 47.7 Å². The van der Waals surface area contributed by atoms with Gasteiger partial charge in [-0.15, -0.1) is 0 Å². The third kappa shape index (κ3) is 9.30. The number of benzene rings is 2. The largest absolute Gasteiger partial charge is 0.513 e. The van der Waals surface area contributed by atoms with E-state index in [4.69, 9.17) is 28.4 Å². The van der Waals surface area contributed by atoms with E-state index in [0.717, 1.165) is 45.6 Å². The van der Waals surface area contributed by atoms with Crippen LogP contribution in [0.4, 0.5) is 13.6 Å². The molecule has 234 valence electrons. The minimum absolute atomic E-state index is 0.00214. The lowest BCUT2D eigenvalue weighted by atomic mass is 9.76. The summed E-state index contributed by atoms with van der Waals surface area (Å²) in [6.45, 7) is 4.84. The summed E-state index contributed by atoms with van der Waals surface area (Å²) in [5, 5.41) is 0. The van der Waals surface area contributed by atoms with E-state index >= 15 is 8.78 Å². The van der Waals surface area contributed by atoms with Gasteiger partial charge in [0.15, 0.2) is 29.9 Å². The van der Waals surface area contributed by atoms with Gasteiger partial charge in [0, 0.05) is 18.2 Å². The SMILES string of the molecule is CCCCCC1CCC(c2ccc(-c3ccc(OCCCC)c(F)c3OCOCCOC)c(OC(=O)OC)c2F)CC1. The van der Waals surface area contributed by atoms with Crippen LogP contribution in [-0.4, -0.2) is 47.0 Å². The van der Waals surface area contributed by atoms with Crippen LogP contribution in [0, 0.1) is 17.6 Å². The van der Waals surface area contributed by atoms with Gasteiger partial charge in [0.1, 0.15) is 0 Å². The van der Waals surface area contributed by atoms with Gasteiger partial charge < -0.3 is 28.4 Å². The van der Waals surface area contributed by atoms with Crippen LogP contribution in [0.1, 0.15) is 89.5 Å². The lowest BCUT2D eigenvalue weighted by molar-refractivity contribution is -0.00997. The molecule has 0 atom stereocenters. The number of ether oxygens (including phenoxy) is 6. The van der Waals surface area contributed by atoms with Crippen molar-refractivity contribution in [3.63, 3.8) is 0 Å². The third-order valence-electron chi connectivity index (χ3n) is 7.81. The molecule has 1 fully saturated rings. The minimum atomic E-state index is -1.07. The van der Waals surface area contributed by atoms with Gasteiger partial charge in [-0.25, -0.2) is 9.18 Å². The summed E-state index contributed by atoms with van der Waals surface area (Å²) < 4.78 is 63.7. The molecule has 0 aliphatic heterocycles. The molecule has 7 nitrogen and oxygen atoms in total. The smallest absolute Gasteiger partial charge is 0.490 e. The second-order valence-corrected chi connectivity index (χ2v) is 10.7. The zero-order valence-electron chi connectivity index (χ0n) is 25.5. The molecule has 1 saturated carbocycles. The Kier molecular flexibility index (Phi) is 14.3. The average Bonchev–Trinajstić information content (AvgIpc) is 3.00. The fraction of sp³-hybridized carbons (Fsp3) is 0.606. The van der Waals surface area contributed by atoms with E-state index in [1.807, 2.05) is 6.92 Å². The second-order valence-electron chi connectivity index (χ2n) is 10.7. The fourth-order valence-electron chi connectivity index (χ4n) is 5.40. The van der Waals surface area contributed by atoms with Crippen molar-refractivity contribution >= 4 is 6.16 Å². The topological polar surface area (TPSA) is 72.5 Å². The monoisotopic (exact) mass is 592 g/mol. The molecule has 2 aromatic carbocycles. The summed E-state index contributed by atoms with van der Waals surface area (Å²) in [5.74, 6) is -1.27. The summed E-state index contributed by atoms with van der Waals surface area (Å²) in [5.41, 5.74) is 0.825. The Hall–Kier alpha value is -2.91. The van der Waals surface area contributed by atoms with Crippen molar-refractivity contribution in [3.05, 3.63) is 41.5 Å². The molecule has 0 heterocycles. The summed E-state index contributed by atoms with van der Waals surface area (Å²) in [6.07, 6.45) is 9.22. The van der Waals surface area contributed by atoms with Crippen molar-refractivity contribution < 1.29 is 42.0 Å². The molecule has 1 aliphatic rings. The van der Waals surface area contributed by atoms with Crippen molar-refractivity contribution in [2.75, 3.05) is 40.8 Å². The normalized spacial score (nSPS) is 16.7. The van der Waals surface area contributed by atoms with E-state index in [1.54, 1.807) is 25.3 Å². The van der Waals surface area contributed by atoms with Crippen LogP contribution < -0.4 is 14.2 Å². The maximum absolute atomic E-state index is 16.2. The predicted molar refractivity (Wildman–Crippen MR) is 157 cm³/mol. The highest BCUT2D eigenvalue weighted by atomic mass is 19.1. The molecule has 0 radical (unpaired) electrons. The molecule has 0 amide bonds. The van der Waals surface area contributed by atoms with Gasteiger partial charge in [-0.1, -0.05) is 52.0 Å². The number of halogens is 2. The summed E-state index contributed by atoms with van der Waals surface area (Å²) in [6, 6.07) is 6.38. The summed E-state index contributed by atoms with van der Waals surface area (Å²) >= 11 is 0. The Morgan fingerprint density at radius 3 is 2.21 bits per heavy atom. The number of hydrogen-bond acceptors (Lipinski definition) is 7. The summed E-state index contributed by atoms with van der Waals surface area (Å²) in [4.78, 5) is 12.2. The Morgan fingerprint density at radius 1 is 0.810 bits per heavy atom. The van der Waals surface area contributed by atoms with Gasteiger partial charge in [0.2, 0.25) is 5.82 Å². The van der Waals surface area contributed by atoms with E-state index in [9.17, 15) is 4.79 Å². The van der Waals surface area contributed by atoms with Crippen LogP contribution in [-0.2, 0) is 14.2 Å². The van der Waals surface area contributed by atoms with E-state index in [2.05, 4.69) is 6.92 Å². The van der Waals surface area contributed by atoms with Crippen LogP contribution in [0.3, 0.4) is 0 Å². The average molecular weight is 593 g/mol. The highest BCUT2D eigenvalue weighted by Gasteiger charge is 2.29. The van der Waals surface area contributed by atoms with Crippen molar-refractivity contribution in [2.45, 2.75) is 84.0 Å². The van der Waals surface area contributed by atoms with Gasteiger partial charge in [0.05, 0.1) is 26.9 Å². The molecule has 0 N–H and O–H groups in total. The number of methoxy groups -OCH3 is 2. The Labute approximate surface area is 248 Å². The zero-order valence-corrected chi connectivity index (χ0v) is 25.5. The van der Waals surface area contributed by atoms with Crippen LogP contribution in [0.15, 0.2) is 24.3 Å². The van der Waals surface area contributed by atoms with E-state index in [1.165, 1.54) is 31.7 Å². The Morgan fingerprint density at radius 2 is 1.52 bits per heavy atom. The predicted octanol–water partition coefficient (Wildman–Crippen LogP) is 8.81. The number of carbonyl (C=O) groups is 1. The van der Waals surface area contributed by atoms with Crippen LogP contribution in [0.5, 0.6) is 17.2 Å². The molecule has 0 aromatic heterocycles. The van der Waals surface area contributed by atoms with Gasteiger partial charge in [-0.05, 0) is 67.7 Å². The quantitative estimate of drug-likeness (QED) is 0.0787. The first-order valence-corrected chi connectivity index (χ1v) is 15.2. The Bertz CT molecular complexity index is 1120. The molecular formula is C33H46F2O7. The number of hydrogen-bond donors (Lipinski definition) is 0. The van der Waals surface area contributed by atoms with Crippen molar-refractivity contribution in [1.82, 2.24) is 0 Å². The molecular weight excluding hydrogens is 546 g/mol. The van der Waals surface area contributed by atoms with Gasteiger partial charge in [-0.2, -0.15) is 4.39 Å². The van der Waals surface area contributed by atoms with Crippen LogP contribution in [0.2, 0.25) is 0 Å². The molecule has 0 spiro atoms.